The second-order valence-electron chi connectivity index (χ2n) is 8.00. The third kappa shape index (κ3) is 3.78. The number of likely N-dealkylation sites (N-methyl/N-ethyl adjacent to an activating group) is 1. The van der Waals surface area contributed by atoms with E-state index in [2.05, 4.69) is 48.1 Å². The van der Waals surface area contributed by atoms with Gasteiger partial charge >= 0.3 is 0 Å². The number of aromatic nitrogens is 2. The molecule has 0 aliphatic carbocycles. The van der Waals surface area contributed by atoms with Crippen LogP contribution in [0, 0.1) is 0 Å². The van der Waals surface area contributed by atoms with Gasteiger partial charge in [-0.25, -0.2) is 4.98 Å². The number of hydrogen-bond donors (Lipinski definition) is 0. The third-order valence-corrected chi connectivity index (χ3v) is 6.35. The molecule has 1 unspecified atom stereocenters. The molecule has 4 rings (SSSR count). The molecule has 6 nitrogen and oxygen atoms in total. The van der Waals surface area contributed by atoms with E-state index in [0.29, 0.717) is 12.6 Å². The quantitative estimate of drug-likeness (QED) is 0.798. The van der Waals surface area contributed by atoms with Crippen molar-refractivity contribution in [2.45, 2.75) is 50.8 Å². The van der Waals surface area contributed by atoms with E-state index in [-0.39, 0.29) is 11.5 Å². The van der Waals surface area contributed by atoms with Gasteiger partial charge in [-0.15, -0.1) is 0 Å². The Labute approximate surface area is 167 Å². The molecule has 2 saturated heterocycles. The molecule has 2 fully saturated rings. The van der Waals surface area contributed by atoms with Crippen LogP contribution in [0.5, 0.6) is 0 Å². The Morgan fingerprint density at radius 3 is 2.75 bits per heavy atom. The summed E-state index contributed by atoms with van der Waals surface area (Å²) >= 11 is 0. The van der Waals surface area contributed by atoms with Crippen molar-refractivity contribution in [3.8, 4) is 0 Å². The van der Waals surface area contributed by atoms with Crippen molar-refractivity contribution >= 4 is 11.6 Å². The number of imidazole rings is 1. The van der Waals surface area contributed by atoms with E-state index in [1.54, 1.807) is 6.20 Å². The molecule has 150 valence electrons. The van der Waals surface area contributed by atoms with Gasteiger partial charge in [-0.2, -0.15) is 0 Å². The first-order valence-electron chi connectivity index (χ1n) is 10.3. The van der Waals surface area contributed by atoms with Crippen LogP contribution in [-0.2, 0) is 22.5 Å². The molecule has 1 spiro atoms. The highest BCUT2D eigenvalue weighted by molar-refractivity contribution is 5.76. The van der Waals surface area contributed by atoms with Crippen LogP contribution in [-0.4, -0.2) is 58.7 Å². The minimum absolute atomic E-state index is 0.0753. The van der Waals surface area contributed by atoms with Crippen molar-refractivity contribution in [2.75, 3.05) is 31.6 Å². The number of piperidine rings is 1. The molecule has 2 aliphatic heterocycles. The number of aryl methyl sites for hydroxylation is 1. The Morgan fingerprint density at radius 1 is 1.29 bits per heavy atom. The molecule has 1 aromatic carbocycles. The van der Waals surface area contributed by atoms with Crippen molar-refractivity contribution in [3.63, 3.8) is 0 Å². The van der Waals surface area contributed by atoms with Gasteiger partial charge < -0.3 is 19.1 Å². The second kappa shape index (κ2) is 7.95. The molecule has 0 bridgehead atoms. The Hall–Kier alpha value is -2.34. The Bertz CT molecular complexity index is 796. The van der Waals surface area contributed by atoms with Gasteiger partial charge in [0.15, 0.2) is 0 Å². The topological polar surface area (TPSA) is 50.6 Å². The number of hydrogen-bond acceptors (Lipinski definition) is 4. The smallest absolute Gasteiger partial charge is 0.242 e. The lowest BCUT2D eigenvalue weighted by Crippen LogP contribution is -2.47. The van der Waals surface area contributed by atoms with E-state index in [9.17, 15) is 4.79 Å². The van der Waals surface area contributed by atoms with Crippen molar-refractivity contribution < 1.29 is 9.53 Å². The molecular formula is C22H30N4O2. The number of nitrogens with zero attached hydrogens (tertiary/aromatic N) is 4. The van der Waals surface area contributed by atoms with Gasteiger partial charge in [0.05, 0.1) is 18.2 Å². The third-order valence-electron chi connectivity index (χ3n) is 6.35. The van der Waals surface area contributed by atoms with Crippen LogP contribution in [0.1, 0.15) is 32.0 Å². The summed E-state index contributed by atoms with van der Waals surface area (Å²) < 4.78 is 8.27. The lowest BCUT2D eigenvalue weighted by molar-refractivity contribution is -0.136. The molecule has 6 heteroatoms. The van der Waals surface area contributed by atoms with Gasteiger partial charge in [-0.1, -0.05) is 25.1 Å². The average molecular weight is 383 g/mol. The van der Waals surface area contributed by atoms with Crippen molar-refractivity contribution in [2.24, 2.45) is 0 Å². The number of likely N-dealkylation sites (tertiary alicyclic amines) is 1. The number of rotatable bonds is 5. The summed E-state index contributed by atoms with van der Waals surface area (Å²) in [5, 5.41) is 0. The lowest BCUT2D eigenvalue weighted by Gasteiger charge is -2.39. The Balaban J connectivity index is 1.32. The molecule has 0 saturated carbocycles. The number of ether oxygens (including phenoxy) is 1. The van der Waals surface area contributed by atoms with Crippen LogP contribution < -0.4 is 4.90 Å². The molecule has 28 heavy (non-hydrogen) atoms. The fourth-order valence-corrected chi connectivity index (χ4v) is 4.50. The maximum Gasteiger partial charge on any atom is 0.242 e. The van der Waals surface area contributed by atoms with E-state index >= 15 is 0 Å². The van der Waals surface area contributed by atoms with Crippen molar-refractivity contribution in [3.05, 3.63) is 48.5 Å². The Morgan fingerprint density at radius 2 is 2.04 bits per heavy atom. The summed E-state index contributed by atoms with van der Waals surface area (Å²) in [7, 11) is 2.15. The minimum Gasteiger partial charge on any atom is -0.373 e. The van der Waals surface area contributed by atoms with Crippen LogP contribution in [0.2, 0.25) is 0 Å². The molecule has 1 atom stereocenters. The molecule has 0 N–H and O–H groups in total. The lowest BCUT2D eigenvalue weighted by atomic mass is 9.87. The second-order valence-corrected chi connectivity index (χ2v) is 8.00. The van der Waals surface area contributed by atoms with Crippen molar-refractivity contribution in [1.29, 1.82) is 0 Å². The predicted octanol–water partition coefficient (Wildman–Crippen LogP) is 2.73. The molecule has 2 aromatic rings. The maximum absolute atomic E-state index is 12.7. The largest absolute Gasteiger partial charge is 0.373 e. The molecule has 0 radical (unpaired) electrons. The zero-order chi connectivity index (χ0) is 19.6. The number of carbonyl (C=O) groups is 1. The van der Waals surface area contributed by atoms with E-state index in [4.69, 9.17) is 4.74 Å². The van der Waals surface area contributed by atoms with E-state index in [1.165, 1.54) is 5.69 Å². The fourth-order valence-electron chi connectivity index (χ4n) is 4.50. The molecule has 3 heterocycles. The molecule has 2 aliphatic rings. The number of carbonyl (C=O) groups excluding carboxylic acids is 1. The SMILES string of the molecule is CCc1nccn1CC(=O)N1CCC2(CC1)CC(N(C)c1ccccc1)CO2. The van der Waals surface area contributed by atoms with Crippen LogP contribution >= 0.6 is 0 Å². The highest BCUT2D eigenvalue weighted by atomic mass is 16.5. The molecular weight excluding hydrogens is 352 g/mol. The van der Waals surface area contributed by atoms with Gasteiger partial charge in [0.25, 0.3) is 0 Å². The van der Waals surface area contributed by atoms with Crippen LogP contribution in [0.4, 0.5) is 5.69 Å². The Kier molecular flexibility index (Phi) is 5.40. The van der Waals surface area contributed by atoms with E-state index < -0.39 is 0 Å². The van der Waals surface area contributed by atoms with Gasteiger partial charge in [0.2, 0.25) is 5.91 Å². The normalized spacial score (nSPS) is 21.2. The maximum atomic E-state index is 12.7. The van der Waals surface area contributed by atoms with Crippen LogP contribution in [0.25, 0.3) is 0 Å². The summed E-state index contributed by atoms with van der Waals surface area (Å²) in [6.07, 6.45) is 7.37. The summed E-state index contributed by atoms with van der Waals surface area (Å²) in [6, 6.07) is 10.9. The van der Waals surface area contributed by atoms with E-state index in [1.807, 2.05) is 21.7 Å². The first kappa shape index (κ1) is 19.0. The monoisotopic (exact) mass is 382 g/mol. The first-order chi connectivity index (χ1) is 13.6. The van der Waals surface area contributed by atoms with Gasteiger partial charge in [-0.3, -0.25) is 4.79 Å². The van der Waals surface area contributed by atoms with Crippen LogP contribution in [0.3, 0.4) is 0 Å². The molecule has 1 aromatic heterocycles. The summed E-state index contributed by atoms with van der Waals surface area (Å²) in [5.41, 5.74) is 1.15. The molecule has 1 amide bonds. The van der Waals surface area contributed by atoms with Crippen molar-refractivity contribution in [1.82, 2.24) is 14.5 Å². The first-order valence-corrected chi connectivity index (χ1v) is 10.3. The number of benzene rings is 1. The summed E-state index contributed by atoms with van der Waals surface area (Å²) in [5.74, 6) is 1.14. The van der Waals surface area contributed by atoms with Gasteiger partial charge in [-0.05, 0) is 31.4 Å². The van der Waals surface area contributed by atoms with E-state index in [0.717, 1.165) is 51.2 Å². The van der Waals surface area contributed by atoms with Gasteiger partial charge in [0.1, 0.15) is 12.4 Å². The predicted molar refractivity (Wildman–Crippen MR) is 109 cm³/mol. The fraction of sp³-hybridized carbons (Fsp3) is 0.545. The summed E-state index contributed by atoms with van der Waals surface area (Å²) in [6.45, 7) is 4.76. The number of amides is 1. The highest BCUT2D eigenvalue weighted by Gasteiger charge is 2.44. The number of anilines is 1. The highest BCUT2D eigenvalue weighted by Crippen LogP contribution is 2.38. The van der Waals surface area contributed by atoms with Gasteiger partial charge in [0, 0.05) is 44.6 Å². The minimum atomic E-state index is -0.0753. The van der Waals surface area contributed by atoms with Crippen LogP contribution in [0.15, 0.2) is 42.7 Å². The number of para-hydroxylation sites is 1. The average Bonchev–Trinajstić information content (AvgIpc) is 3.35. The zero-order valence-corrected chi connectivity index (χ0v) is 16.9. The summed E-state index contributed by atoms with van der Waals surface area (Å²) in [4.78, 5) is 21.4. The zero-order valence-electron chi connectivity index (χ0n) is 16.9. The standard InChI is InChI=1S/C22H30N4O2/c1-3-20-23-11-14-26(20)16-21(27)25-12-9-22(10-13-25)15-19(17-28-22)24(2)18-7-5-4-6-8-18/h4-8,11,14,19H,3,9-10,12-13,15-17H2,1-2H3.